The van der Waals surface area contributed by atoms with Crippen molar-refractivity contribution >= 4 is 0 Å². The molecular formula is C20H24. The minimum absolute atomic E-state index is 0.796. The molecule has 9 saturated carbocycles. The number of rotatable bonds is 0. The number of fused-ring (bicyclic) bond motifs is 4. The Kier molecular flexibility index (Phi) is 0.762. The van der Waals surface area contributed by atoms with Gasteiger partial charge in [-0.05, 0) is 99.6 Å². The van der Waals surface area contributed by atoms with Gasteiger partial charge in [0.15, 0.2) is 0 Å². The van der Waals surface area contributed by atoms with Crippen LogP contribution in [0.1, 0.15) is 46.5 Å². The average Bonchev–Trinajstić information content (AvgIpc) is 2.48. The molecule has 10 atom stereocenters. The summed E-state index contributed by atoms with van der Waals surface area (Å²) < 4.78 is 0. The van der Waals surface area contributed by atoms with E-state index in [0.29, 0.717) is 0 Å². The van der Waals surface area contributed by atoms with Gasteiger partial charge in [0.1, 0.15) is 0 Å². The van der Waals surface area contributed by atoms with Gasteiger partial charge in [-0.1, -0.05) is 20.8 Å². The highest BCUT2D eigenvalue weighted by Gasteiger charge is 3.24. The molecule has 0 aromatic carbocycles. The Balaban J connectivity index is 1.50. The van der Waals surface area contributed by atoms with Crippen molar-refractivity contribution < 1.29 is 0 Å². The molecule has 9 rings (SSSR count). The Labute approximate surface area is 121 Å². The van der Waals surface area contributed by atoms with Gasteiger partial charge in [-0.25, -0.2) is 0 Å². The van der Waals surface area contributed by atoms with Crippen LogP contribution in [0.25, 0.3) is 0 Å². The van der Waals surface area contributed by atoms with Gasteiger partial charge in [0, 0.05) is 0 Å². The first-order chi connectivity index (χ1) is 9.55. The zero-order chi connectivity index (χ0) is 12.9. The van der Waals surface area contributed by atoms with Gasteiger partial charge in [0.05, 0.1) is 0 Å². The summed E-state index contributed by atoms with van der Waals surface area (Å²) in [5, 5.41) is 0. The van der Waals surface area contributed by atoms with Gasteiger partial charge in [-0.2, -0.15) is 0 Å². The summed E-state index contributed by atoms with van der Waals surface area (Å²) in [5.74, 6) is 8.49. The highest BCUT2D eigenvalue weighted by molar-refractivity contribution is 5.69. The molecule has 9 aliphatic rings. The lowest BCUT2D eigenvalue weighted by Gasteiger charge is -3.25. The van der Waals surface area contributed by atoms with Crippen molar-refractivity contribution in [3.8, 4) is 0 Å². The molecule has 0 nitrogen and oxygen atoms in total. The molecule has 0 heteroatoms. The third-order valence-electron chi connectivity index (χ3n) is 13.9. The molecule has 0 aromatic rings. The average molecular weight is 264 g/mol. The summed E-state index contributed by atoms with van der Waals surface area (Å²) >= 11 is 0. The largest absolute Gasteiger partial charge is 0.0582 e. The second-order valence-electron chi connectivity index (χ2n) is 11.3. The fourth-order valence-corrected chi connectivity index (χ4v) is 15.0. The summed E-state index contributed by atoms with van der Waals surface area (Å²) in [7, 11) is 0. The minimum atomic E-state index is 0.796. The van der Waals surface area contributed by atoms with Crippen molar-refractivity contribution in [3.63, 3.8) is 0 Å². The molecule has 3 spiro atoms. The first-order valence-electron chi connectivity index (χ1n) is 9.55. The van der Waals surface area contributed by atoms with Crippen molar-refractivity contribution in [2.75, 3.05) is 0 Å². The van der Waals surface area contributed by atoms with Gasteiger partial charge in [-0.3, -0.25) is 0 Å². The molecule has 0 N–H and O–H groups in total. The summed E-state index contributed by atoms with van der Waals surface area (Å²) in [4.78, 5) is 0. The highest BCUT2D eigenvalue weighted by atomic mass is 15.3. The van der Waals surface area contributed by atoms with Crippen molar-refractivity contribution in [3.05, 3.63) is 0 Å². The van der Waals surface area contributed by atoms with E-state index in [2.05, 4.69) is 20.8 Å². The molecule has 0 aliphatic heterocycles. The summed E-state index contributed by atoms with van der Waals surface area (Å²) in [5.41, 5.74) is 5.27. The third kappa shape index (κ3) is 0.290. The maximum absolute atomic E-state index is 2.83. The van der Waals surface area contributed by atoms with Gasteiger partial charge >= 0.3 is 0 Å². The SMILES string of the molecule is CC12C3CCC4C5CC6C7C8CC3C81C71C56C4(C)C21C. The molecule has 0 radical (unpaired) electrons. The van der Waals surface area contributed by atoms with Crippen LogP contribution in [0.2, 0.25) is 0 Å². The van der Waals surface area contributed by atoms with Crippen LogP contribution in [0.4, 0.5) is 0 Å². The summed E-state index contributed by atoms with van der Waals surface area (Å²) in [6, 6.07) is 0. The molecule has 20 heavy (non-hydrogen) atoms. The van der Waals surface area contributed by atoms with Crippen LogP contribution >= 0.6 is 0 Å². The lowest BCUT2D eigenvalue weighted by molar-refractivity contribution is -0.792. The molecule has 0 heterocycles. The topological polar surface area (TPSA) is 0 Å². The molecule has 0 aromatic heterocycles. The van der Waals surface area contributed by atoms with E-state index in [-0.39, 0.29) is 0 Å². The molecule has 0 bridgehead atoms. The number of hydrogen-bond donors (Lipinski definition) is 0. The highest BCUT2D eigenvalue weighted by Crippen LogP contribution is 3.27. The van der Waals surface area contributed by atoms with E-state index in [1.54, 1.807) is 25.7 Å². The van der Waals surface area contributed by atoms with Crippen molar-refractivity contribution in [1.29, 1.82) is 0 Å². The Morgan fingerprint density at radius 3 is 1.65 bits per heavy atom. The van der Waals surface area contributed by atoms with Crippen LogP contribution in [0.15, 0.2) is 0 Å². The van der Waals surface area contributed by atoms with Crippen molar-refractivity contribution in [1.82, 2.24) is 0 Å². The van der Waals surface area contributed by atoms with Crippen LogP contribution in [0.3, 0.4) is 0 Å². The molecule has 9 aliphatic carbocycles. The molecule has 10 unspecified atom stereocenters. The second-order valence-corrected chi connectivity index (χ2v) is 11.3. The van der Waals surface area contributed by atoms with Crippen LogP contribution in [-0.4, -0.2) is 0 Å². The Bertz CT molecular complexity index is 668. The van der Waals surface area contributed by atoms with Crippen molar-refractivity contribution in [2.24, 2.45) is 73.9 Å². The van der Waals surface area contributed by atoms with E-state index in [1.165, 1.54) is 29.6 Å². The van der Waals surface area contributed by atoms with Crippen LogP contribution in [-0.2, 0) is 0 Å². The fourth-order valence-electron chi connectivity index (χ4n) is 15.0. The Morgan fingerprint density at radius 1 is 0.650 bits per heavy atom. The normalized spacial score (nSPS) is 101. The standard InChI is InChI=1S/C20H24/c1-15-8-4-5-9-11-7-13-14-12-6-10(8)18(12,15)20(14)17(15,3)16(9,2)19(11,13)20/h8-14H,4-7H2,1-3H3. The smallest absolute Gasteiger partial charge is 0.00636 e. The minimum Gasteiger partial charge on any atom is -0.0582 e. The third-order valence-corrected chi connectivity index (χ3v) is 13.9. The quantitative estimate of drug-likeness (QED) is 0.621. The van der Waals surface area contributed by atoms with E-state index in [1.807, 2.05) is 0 Å². The lowest BCUT2D eigenvalue weighted by atomic mass is 8.78. The van der Waals surface area contributed by atoms with E-state index < -0.39 is 0 Å². The van der Waals surface area contributed by atoms with Crippen LogP contribution in [0, 0.1) is 73.9 Å². The van der Waals surface area contributed by atoms with E-state index >= 15 is 0 Å². The van der Waals surface area contributed by atoms with E-state index in [4.69, 9.17) is 0 Å². The Morgan fingerprint density at radius 2 is 1.15 bits per heavy atom. The first kappa shape index (κ1) is 9.21. The maximum atomic E-state index is 2.83. The predicted molar refractivity (Wildman–Crippen MR) is 74.5 cm³/mol. The molecular weight excluding hydrogens is 240 g/mol. The predicted octanol–water partition coefficient (Wildman–Crippen LogP) is 3.96. The van der Waals surface area contributed by atoms with Gasteiger partial charge in [0.25, 0.3) is 0 Å². The zero-order valence-electron chi connectivity index (χ0n) is 12.9. The second kappa shape index (κ2) is 1.65. The van der Waals surface area contributed by atoms with Gasteiger partial charge in [-0.15, -0.1) is 0 Å². The Hall–Kier alpha value is 0. The molecule has 104 valence electrons. The van der Waals surface area contributed by atoms with E-state index in [9.17, 15) is 0 Å². The fraction of sp³-hybridized carbons (Fsp3) is 1.00. The molecule has 0 amide bonds. The summed E-state index contributed by atoms with van der Waals surface area (Å²) in [6.45, 7) is 8.44. The maximum Gasteiger partial charge on any atom is -0.00636 e. The summed E-state index contributed by atoms with van der Waals surface area (Å²) in [6.07, 6.45) is 6.62. The number of hydrogen-bond acceptors (Lipinski definition) is 0. The van der Waals surface area contributed by atoms with Crippen LogP contribution < -0.4 is 0 Å². The van der Waals surface area contributed by atoms with E-state index in [0.717, 1.165) is 44.3 Å². The molecule has 0 saturated heterocycles. The molecule has 9 fully saturated rings. The first-order valence-corrected chi connectivity index (χ1v) is 9.55. The van der Waals surface area contributed by atoms with Crippen LogP contribution in [0.5, 0.6) is 0 Å². The monoisotopic (exact) mass is 264 g/mol. The van der Waals surface area contributed by atoms with Gasteiger partial charge in [0.2, 0.25) is 0 Å². The zero-order valence-corrected chi connectivity index (χ0v) is 12.9. The van der Waals surface area contributed by atoms with Crippen molar-refractivity contribution in [2.45, 2.75) is 46.5 Å². The lowest BCUT2D eigenvalue weighted by Crippen LogP contribution is -3.22. The van der Waals surface area contributed by atoms with Gasteiger partial charge < -0.3 is 0 Å².